The molecular formula is C61H104O12. The Morgan fingerprint density at radius 2 is 0.849 bits per heavy atom. The largest absolute Gasteiger partial charge is 0.479 e. The third-order valence-electron chi connectivity index (χ3n) is 13.1. The van der Waals surface area contributed by atoms with E-state index in [1.165, 1.54) is 122 Å². The number of carboxylic acid groups (broad SMARTS) is 1. The van der Waals surface area contributed by atoms with E-state index in [1.54, 1.807) is 6.08 Å². The van der Waals surface area contributed by atoms with E-state index in [4.69, 9.17) is 23.7 Å². The van der Waals surface area contributed by atoms with Gasteiger partial charge in [-0.3, -0.25) is 14.4 Å². The molecular weight excluding hydrogens is 925 g/mol. The number of carboxylic acids is 1. The second kappa shape index (κ2) is 49.3. The molecule has 73 heavy (non-hydrogen) atoms. The molecule has 0 aromatic rings. The molecule has 0 aliphatic carbocycles. The molecule has 6 atom stereocenters. The molecule has 0 bridgehead atoms. The van der Waals surface area contributed by atoms with Gasteiger partial charge in [0.25, 0.3) is 0 Å². The van der Waals surface area contributed by atoms with Crippen LogP contribution >= 0.6 is 0 Å². The lowest BCUT2D eigenvalue weighted by Gasteiger charge is -2.40. The van der Waals surface area contributed by atoms with E-state index in [1.807, 2.05) is 12.2 Å². The topological polar surface area (TPSA) is 175 Å². The average molecular weight is 1030 g/mol. The highest BCUT2D eigenvalue weighted by molar-refractivity contribution is 5.74. The lowest BCUT2D eigenvalue weighted by atomic mass is 9.98. The Balaban J connectivity index is 2.74. The number of carbonyl (C=O) groups excluding carboxylic acids is 3. The molecule has 1 fully saturated rings. The lowest BCUT2D eigenvalue weighted by molar-refractivity contribution is -0.301. The minimum atomic E-state index is -1.91. The molecule has 0 radical (unpaired) electrons. The zero-order valence-electron chi connectivity index (χ0n) is 46.1. The third-order valence-corrected chi connectivity index (χ3v) is 13.1. The second-order valence-corrected chi connectivity index (χ2v) is 19.9. The van der Waals surface area contributed by atoms with Crippen LogP contribution in [-0.2, 0) is 42.9 Å². The van der Waals surface area contributed by atoms with E-state index < -0.39 is 67.3 Å². The fraction of sp³-hybridized carbons (Fsp3) is 0.770. The summed E-state index contributed by atoms with van der Waals surface area (Å²) in [6, 6.07) is 0. The monoisotopic (exact) mass is 1030 g/mol. The number of hydrogen-bond donors (Lipinski definition) is 3. The van der Waals surface area contributed by atoms with Crippen molar-refractivity contribution in [2.75, 3.05) is 13.2 Å². The highest BCUT2D eigenvalue weighted by atomic mass is 16.7. The molecule has 3 N–H and O–H groups in total. The predicted octanol–water partition coefficient (Wildman–Crippen LogP) is 14.8. The summed E-state index contributed by atoms with van der Waals surface area (Å²) in [6.45, 7) is 5.80. The molecule has 12 nitrogen and oxygen atoms in total. The van der Waals surface area contributed by atoms with Crippen LogP contribution in [0.4, 0.5) is 0 Å². The van der Waals surface area contributed by atoms with Crippen LogP contribution in [0.15, 0.2) is 60.8 Å². The van der Waals surface area contributed by atoms with E-state index in [0.717, 1.165) is 70.6 Å². The molecule has 420 valence electrons. The zero-order chi connectivity index (χ0) is 53.3. The van der Waals surface area contributed by atoms with Crippen LogP contribution in [0, 0.1) is 0 Å². The first-order valence-electron chi connectivity index (χ1n) is 29.3. The van der Waals surface area contributed by atoms with Crippen LogP contribution in [0.3, 0.4) is 0 Å². The minimum absolute atomic E-state index is 0.0124. The van der Waals surface area contributed by atoms with Gasteiger partial charge >= 0.3 is 23.9 Å². The van der Waals surface area contributed by atoms with Crippen LogP contribution < -0.4 is 0 Å². The summed E-state index contributed by atoms with van der Waals surface area (Å²) >= 11 is 0. The summed E-state index contributed by atoms with van der Waals surface area (Å²) in [6.07, 6.45) is 47.9. The zero-order valence-corrected chi connectivity index (χ0v) is 46.1. The van der Waals surface area contributed by atoms with E-state index >= 15 is 0 Å². The van der Waals surface area contributed by atoms with Crippen molar-refractivity contribution in [1.82, 2.24) is 0 Å². The average Bonchev–Trinajstić information content (AvgIpc) is 3.37. The Labute approximate surface area is 443 Å². The molecule has 1 heterocycles. The molecule has 0 aromatic heterocycles. The molecule has 1 saturated heterocycles. The first-order valence-corrected chi connectivity index (χ1v) is 29.3. The van der Waals surface area contributed by atoms with Gasteiger partial charge in [-0.05, 0) is 44.9 Å². The van der Waals surface area contributed by atoms with E-state index in [0.29, 0.717) is 19.3 Å². The fourth-order valence-electron chi connectivity index (χ4n) is 8.68. The molecule has 1 aliphatic rings. The summed E-state index contributed by atoms with van der Waals surface area (Å²) in [5.74, 6) is -3.27. The summed E-state index contributed by atoms with van der Waals surface area (Å²) in [7, 11) is 0. The SMILES string of the molecule is CC/C=C\C/C=C\C/C=C\C/C=C\C/C=C\CC(=O)OCC(COC1OC(C(=O)O)C(O)C(O)C1OC(=O)CCCCCCCCCCCCCCCCC)OC(=O)CCCCCCCCCCCCCCC. The van der Waals surface area contributed by atoms with Gasteiger partial charge in [0.15, 0.2) is 24.6 Å². The van der Waals surface area contributed by atoms with Crippen LogP contribution in [-0.4, -0.2) is 89.2 Å². The summed E-state index contributed by atoms with van der Waals surface area (Å²) in [4.78, 5) is 51.0. The number of aliphatic carboxylic acids is 1. The van der Waals surface area contributed by atoms with Gasteiger partial charge in [-0.1, -0.05) is 248 Å². The fourth-order valence-corrected chi connectivity index (χ4v) is 8.68. The van der Waals surface area contributed by atoms with Crippen molar-refractivity contribution in [1.29, 1.82) is 0 Å². The Bertz CT molecular complexity index is 1500. The Hall–Kier alpha value is -3.58. The number of rotatable bonds is 49. The number of esters is 3. The van der Waals surface area contributed by atoms with Crippen molar-refractivity contribution in [3.05, 3.63) is 60.8 Å². The van der Waals surface area contributed by atoms with E-state index in [-0.39, 0.29) is 25.9 Å². The number of ether oxygens (including phenoxy) is 5. The smallest absolute Gasteiger partial charge is 0.335 e. The maximum absolute atomic E-state index is 13.1. The highest BCUT2D eigenvalue weighted by Crippen LogP contribution is 2.26. The van der Waals surface area contributed by atoms with E-state index in [9.17, 15) is 34.5 Å². The number of hydrogen-bond acceptors (Lipinski definition) is 11. The van der Waals surface area contributed by atoms with Crippen molar-refractivity contribution in [3.63, 3.8) is 0 Å². The maximum Gasteiger partial charge on any atom is 0.335 e. The van der Waals surface area contributed by atoms with Crippen LogP contribution in [0.1, 0.15) is 252 Å². The van der Waals surface area contributed by atoms with Crippen molar-refractivity contribution in [3.8, 4) is 0 Å². The van der Waals surface area contributed by atoms with Gasteiger partial charge in [-0.2, -0.15) is 0 Å². The normalized spacial score (nSPS) is 18.7. The van der Waals surface area contributed by atoms with Crippen molar-refractivity contribution in [2.45, 2.75) is 289 Å². The number of aliphatic hydroxyl groups is 2. The lowest BCUT2D eigenvalue weighted by Crippen LogP contribution is -2.61. The molecule has 0 amide bonds. The quantitative estimate of drug-likeness (QED) is 0.0228. The molecule has 6 unspecified atom stereocenters. The van der Waals surface area contributed by atoms with Crippen LogP contribution in [0.2, 0.25) is 0 Å². The van der Waals surface area contributed by atoms with Gasteiger partial charge in [0.1, 0.15) is 18.8 Å². The number of aliphatic hydroxyl groups excluding tert-OH is 2. The first kappa shape index (κ1) is 67.4. The van der Waals surface area contributed by atoms with Gasteiger partial charge in [0.2, 0.25) is 0 Å². The van der Waals surface area contributed by atoms with Gasteiger partial charge < -0.3 is 39.0 Å². The number of carbonyl (C=O) groups is 4. The molecule has 0 saturated carbocycles. The van der Waals surface area contributed by atoms with Gasteiger partial charge in [-0.15, -0.1) is 0 Å². The molecule has 1 rings (SSSR count). The molecule has 0 spiro atoms. The van der Waals surface area contributed by atoms with Crippen molar-refractivity contribution < 1.29 is 58.2 Å². The van der Waals surface area contributed by atoms with Gasteiger partial charge in [0, 0.05) is 12.8 Å². The maximum atomic E-state index is 13.1. The third kappa shape index (κ3) is 39.5. The van der Waals surface area contributed by atoms with Gasteiger partial charge in [0.05, 0.1) is 13.0 Å². The van der Waals surface area contributed by atoms with Crippen molar-refractivity contribution >= 4 is 23.9 Å². The van der Waals surface area contributed by atoms with Crippen LogP contribution in [0.5, 0.6) is 0 Å². The standard InChI is InChI=1S/C61H104O12/c1-4-7-10-13-16-19-22-25-27-30-32-35-38-41-44-47-53(62)69-50-52(71-54(63)48-45-42-39-36-33-29-24-21-18-15-12-9-6-3)51-70-61-59(57(66)56(65)58(73-61)60(67)68)72-55(64)49-46-43-40-37-34-31-28-26-23-20-17-14-11-8-5-2/h7,10,16,19,25,27,32,35,41,44,52,56-59,61,65-66H,4-6,8-9,11-15,17-18,20-24,26,28-31,33-34,36-40,42-43,45-51H2,1-3H3,(H,67,68)/b10-7-,19-16-,27-25-,35-32-,44-41-. The predicted molar refractivity (Wildman–Crippen MR) is 294 cm³/mol. The minimum Gasteiger partial charge on any atom is -0.479 e. The van der Waals surface area contributed by atoms with E-state index in [2.05, 4.69) is 63.3 Å². The van der Waals surface area contributed by atoms with Crippen LogP contribution in [0.25, 0.3) is 0 Å². The summed E-state index contributed by atoms with van der Waals surface area (Å²) < 4.78 is 28.3. The van der Waals surface area contributed by atoms with Gasteiger partial charge in [-0.25, -0.2) is 4.79 Å². The Morgan fingerprint density at radius 3 is 1.26 bits per heavy atom. The number of unbranched alkanes of at least 4 members (excludes halogenated alkanes) is 26. The second-order valence-electron chi connectivity index (χ2n) is 19.9. The molecule has 1 aliphatic heterocycles. The Kier molecular flexibility index (Phi) is 45.5. The highest BCUT2D eigenvalue weighted by Gasteiger charge is 2.50. The Morgan fingerprint density at radius 1 is 0.466 bits per heavy atom. The van der Waals surface area contributed by atoms with Crippen molar-refractivity contribution in [2.24, 2.45) is 0 Å². The summed E-state index contributed by atoms with van der Waals surface area (Å²) in [5, 5.41) is 31.4. The first-order chi connectivity index (χ1) is 35.6. The molecule has 0 aromatic carbocycles. The molecule has 12 heteroatoms. The summed E-state index contributed by atoms with van der Waals surface area (Å²) in [5.41, 5.74) is 0. The number of allylic oxidation sites excluding steroid dienone is 9.